The number of carboxylic acid groups (broad SMARTS) is 1. The summed E-state index contributed by atoms with van der Waals surface area (Å²) in [6.45, 7) is 0.148. The van der Waals surface area contributed by atoms with Crippen LogP contribution in [0.2, 0.25) is 0 Å². The van der Waals surface area contributed by atoms with Crippen LogP contribution in [0.25, 0.3) is 0 Å². The van der Waals surface area contributed by atoms with Crippen molar-refractivity contribution in [2.24, 2.45) is 0 Å². The summed E-state index contributed by atoms with van der Waals surface area (Å²) < 4.78 is 27.7. The Morgan fingerprint density at radius 1 is 1.35 bits per heavy atom. The molecule has 1 unspecified atom stereocenters. The molecule has 0 aliphatic carbocycles. The van der Waals surface area contributed by atoms with Gasteiger partial charge in [0.1, 0.15) is 23.2 Å². The molecule has 0 aromatic heterocycles. The number of benzene rings is 1. The van der Waals surface area contributed by atoms with Gasteiger partial charge in [-0.2, -0.15) is 11.8 Å². The standard InChI is InChI=1S/C12H10BrF2NO3S/c13-6-3-7(14)10(8(15)4-6)11(17)16-1-2-20-5-9(16)12(18)19/h3-4,9H,1-2,5H2,(H,18,19). The topological polar surface area (TPSA) is 57.6 Å². The highest BCUT2D eigenvalue weighted by Crippen LogP contribution is 2.24. The number of hydrogen-bond donors (Lipinski definition) is 1. The maximum atomic E-state index is 13.8. The Labute approximate surface area is 126 Å². The van der Waals surface area contributed by atoms with E-state index in [4.69, 9.17) is 5.11 Å². The van der Waals surface area contributed by atoms with Gasteiger partial charge in [-0.15, -0.1) is 0 Å². The van der Waals surface area contributed by atoms with Crippen LogP contribution in [0, 0.1) is 11.6 Å². The molecular formula is C12H10BrF2NO3S. The van der Waals surface area contributed by atoms with Crippen LogP contribution in [0.4, 0.5) is 8.78 Å². The zero-order chi connectivity index (χ0) is 14.9. The smallest absolute Gasteiger partial charge is 0.327 e. The van der Waals surface area contributed by atoms with Crippen molar-refractivity contribution in [3.8, 4) is 0 Å². The number of aliphatic carboxylic acids is 1. The predicted octanol–water partition coefficient (Wildman–Crippen LogP) is 2.37. The minimum atomic E-state index is -1.18. The Morgan fingerprint density at radius 3 is 2.50 bits per heavy atom. The fraction of sp³-hybridized carbons (Fsp3) is 0.333. The minimum absolute atomic E-state index is 0.148. The minimum Gasteiger partial charge on any atom is -0.480 e. The van der Waals surface area contributed by atoms with Gasteiger partial charge in [-0.3, -0.25) is 4.79 Å². The van der Waals surface area contributed by atoms with E-state index >= 15 is 0 Å². The number of carboxylic acids is 1. The zero-order valence-electron chi connectivity index (χ0n) is 10.1. The molecule has 0 radical (unpaired) electrons. The van der Waals surface area contributed by atoms with Gasteiger partial charge in [0.2, 0.25) is 0 Å². The molecule has 108 valence electrons. The van der Waals surface area contributed by atoms with Crippen molar-refractivity contribution < 1.29 is 23.5 Å². The summed E-state index contributed by atoms with van der Waals surface area (Å²) in [4.78, 5) is 24.4. The fourth-order valence-corrected chi connectivity index (χ4v) is 3.38. The van der Waals surface area contributed by atoms with E-state index in [2.05, 4.69) is 15.9 Å². The Bertz CT molecular complexity index is 547. The van der Waals surface area contributed by atoms with E-state index in [0.29, 0.717) is 5.75 Å². The highest BCUT2D eigenvalue weighted by atomic mass is 79.9. The lowest BCUT2D eigenvalue weighted by Gasteiger charge is -2.32. The average Bonchev–Trinajstić information content (AvgIpc) is 2.37. The molecule has 1 aromatic carbocycles. The maximum absolute atomic E-state index is 13.8. The van der Waals surface area contributed by atoms with E-state index in [1.807, 2.05) is 0 Å². The first-order valence-electron chi connectivity index (χ1n) is 5.68. The van der Waals surface area contributed by atoms with Gasteiger partial charge in [-0.1, -0.05) is 15.9 Å². The summed E-state index contributed by atoms with van der Waals surface area (Å²) in [5.41, 5.74) is -0.716. The van der Waals surface area contributed by atoms with Crippen LogP contribution >= 0.6 is 27.7 Å². The van der Waals surface area contributed by atoms with Gasteiger partial charge in [-0.05, 0) is 12.1 Å². The summed E-state index contributed by atoms with van der Waals surface area (Å²) in [5, 5.41) is 9.08. The van der Waals surface area contributed by atoms with Crippen molar-refractivity contribution in [3.05, 3.63) is 33.8 Å². The van der Waals surface area contributed by atoms with E-state index in [1.165, 1.54) is 11.8 Å². The van der Waals surface area contributed by atoms with Crippen LogP contribution in [-0.2, 0) is 4.79 Å². The second-order valence-electron chi connectivity index (χ2n) is 4.17. The van der Waals surface area contributed by atoms with Crippen LogP contribution in [-0.4, -0.2) is 46.0 Å². The Morgan fingerprint density at radius 2 is 1.95 bits per heavy atom. The molecule has 1 amide bonds. The van der Waals surface area contributed by atoms with Gasteiger partial charge in [0, 0.05) is 22.5 Å². The Hall–Kier alpha value is -1.15. The lowest BCUT2D eigenvalue weighted by molar-refractivity contribution is -0.141. The van der Waals surface area contributed by atoms with Crippen molar-refractivity contribution >= 4 is 39.6 Å². The lowest BCUT2D eigenvalue weighted by atomic mass is 10.1. The molecule has 1 atom stereocenters. The fourth-order valence-electron chi connectivity index (χ4n) is 1.94. The van der Waals surface area contributed by atoms with Crippen molar-refractivity contribution in [1.29, 1.82) is 0 Å². The van der Waals surface area contributed by atoms with Crippen molar-refractivity contribution in [3.63, 3.8) is 0 Å². The molecule has 4 nitrogen and oxygen atoms in total. The van der Waals surface area contributed by atoms with E-state index in [-0.39, 0.29) is 16.8 Å². The van der Waals surface area contributed by atoms with Crippen LogP contribution in [0.1, 0.15) is 10.4 Å². The predicted molar refractivity (Wildman–Crippen MR) is 73.8 cm³/mol. The number of carbonyl (C=O) groups is 2. The van der Waals surface area contributed by atoms with Crippen LogP contribution in [0.3, 0.4) is 0 Å². The molecule has 1 aliphatic rings. The van der Waals surface area contributed by atoms with Gasteiger partial charge in [0.25, 0.3) is 5.91 Å². The number of carbonyl (C=O) groups excluding carboxylic acids is 1. The van der Waals surface area contributed by atoms with Crippen molar-refractivity contribution in [1.82, 2.24) is 4.90 Å². The van der Waals surface area contributed by atoms with E-state index in [1.54, 1.807) is 0 Å². The molecule has 1 N–H and O–H groups in total. The Balaban J connectivity index is 2.37. The summed E-state index contributed by atoms with van der Waals surface area (Å²) in [6.07, 6.45) is 0. The van der Waals surface area contributed by atoms with Gasteiger partial charge in [0.05, 0.1) is 0 Å². The van der Waals surface area contributed by atoms with Crippen LogP contribution in [0.5, 0.6) is 0 Å². The quantitative estimate of drug-likeness (QED) is 0.873. The molecule has 0 bridgehead atoms. The molecule has 1 fully saturated rings. The third-order valence-electron chi connectivity index (χ3n) is 2.90. The molecule has 1 heterocycles. The van der Waals surface area contributed by atoms with Crippen LogP contribution < -0.4 is 0 Å². The third kappa shape index (κ3) is 2.95. The first-order chi connectivity index (χ1) is 9.41. The molecule has 20 heavy (non-hydrogen) atoms. The van der Waals surface area contributed by atoms with E-state index < -0.39 is 35.1 Å². The molecule has 1 saturated heterocycles. The second-order valence-corrected chi connectivity index (χ2v) is 6.24. The lowest BCUT2D eigenvalue weighted by Crippen LogP contribution is -2.50. The van der Waals surface area contributed by atoms with Crippen LogP contribution in [0.15, 0.2) is 16.6 Å². The zero-order valence-corrected chi connectivity index (χ0v) is 12.5. The second kappa shape index (κ2) is 6.09. The van der Waals surface area contributed by atoms with E-state index in [0.717, 1.165) is 17.0 Å². The molecule has 0 saturated carbocycles. The Kier molecular flexibility index (Phi) is 4.64. The number of amides is 1. The normalized spacial score (nSPS) is 18.9. The molecular weight excluding hydrogens is 356 g/mol. The van der Waals surface area contributed by atoms with Gasteiger partial charge >= 0.3 is 5.97 Å². The monoisotopic (exact) mass is 365 g/mol. The highest BCUT2D eigenvalue weighted by Gasteiger charge is 2.35. The number of thioether (sulfide) groups is 1. The van der Waals surface area contributed by atoms with Gasteiger partial charge < -0.3 is 10.0 Å². The summed E-state index contributed by atoms with van der Waals surface area (Å²) in [7, 11) is 0. The largest absolute Gasteiger partial charge is 0.480 e. The first-order valence-corrected chi connectivity index (χ1v) is 7.62. The average molecular weight is 366 g/mol. The third-order valence-corrected chi connectivity index (χ3v) is 4.38. The molecule has 8 heteroatoms. The molecule has 2 rings (SSSR count). The maximum Gasteiger partial charge on any atom is 0.327 e. The number of hydrogen-bond acceptors (Lipinski definition) is 3. The number of rotatable bonds is 2. The van der Waals surface area contributed by atoms with Gasteiger partial charge in [0.15, 0.2) is 0 Å². The summed E-state index contributed by atoms with van der Waals surface area (Å²) >= 11 is 4.31. The summed E-state index contributed by atoms with van der Waals surface area (Å²) in [5.74, 6) is -3.38. The molecule has 1 aromatic rings. The first kappa shape index (κ1) is 15.2. The molecule has 1 aliphatic heterocycles. The van der Waals surface area contributed by atoms with E-state index in [9.17, 15) is 18.4 Å². The highest BCUT2D eigenvalue weighted by molar-refractivity contribution is 9.10. The molecule has 0 spiro atoms. The van der Waals surface area contributed by atoms with Crippen molar-refractivity contribution in [2.45, 2.75) is 6.04 Å². The van der Waals surface area contributed by atoms with Crippen molar-refractivity contribution in [2.75, 3.05) is 18.1 Å². The number of halogens is 3. The summed E-state index contributed by atoms with van der Waals surface area (Å²) in [6, 6.07) is 0.888. The number of nitrogens with zero attached hydrogens (tertiary/aromatic N) is 1. The SMILES string of the molecule is O=C(O)C1CSCCN1C(=O)c1c(F)cc(Br)cc1F. The van der Waals surface area contributed by atoms with Gasteiger partial charge in [-0.25, -0.2) is 13.6 Å².